The van der Waals surface area contributed by atoms with Crippen LogP contribution in [0.1, 0.15) is 27.9 Å². The number of halogens is 3. The van der Waals surface area contributed by atoms with Gasteiger partial charge in [-0.1, -0.05) is 0 Å². The number of aliphatic carboxylic acids is 1. The molecule has 1 atom stereocenters. The van der Waals surface area contributed by atoms with Crippen LogP contribution in [0.4, 0.5) is 13.2 Å². The molecule has 130 valence electrons. The van der Waals surface area contributed by atoms with Gasteiger partial charge in [0.1, 0.15) is 10.5 Å². The third kappa shape index (κ3) is 3.49. The fourth-order valence-electron chi connectivity index (χ4n) is 1.88. The van der Waals surface area contributed by atoms with Gasteiger partial charge in [-0.2, -0.15) is 13.2 Å². The van der Waals surface area contributed by atoms with E-state index in [2.05, 4.69) is 10.3 Å². The zero-order valence-electron chi connectivity index (χ0n) is 12.6. The molecule has 0 aromatic carbocycles. The van der Waals surface area contributed by atoms with Crippen molar-refractivity contribution in [3.8, 4) is 0 Å². The summed E-state index contributed by atoms with van der Waals surface area (Å²) in [4.78, 5) is 26.6. The van der Waals surface area contributed by atoms with Gasteiger partial charge in [-0.25, -0.2) is 9.78 Å². The molecule has 3 N–H and O–H groups in total. The molecule has 1 unspecified atom stereocenters. The lowest BCUT2D eigenvalue weighted by Gasteiger charge is -2.18. The van der Waals surface area contributed by atoms with Crippen molar-refractivity contribution < 1.29 is 33.0 Å². The first-order valence-corrected chi connectivity index (χ1v) is 7.46. The Labute approximate surface area is 137 Å². The fraction of sp³-hybridized carbons (Fsp3) is 0.357. The summed E-state index contributed by atoms with van der Waals surface area (Å²) in [5.41, 5.74) is -2.78. The summed E-state index contributed by atoms with van der Waals surface area (Å²) < 4.78 is 38.1. The highest BCUT2D eigenvalue weighted by Crippen LogP contribution is 2.34. The SMILES string of the molecule is Cc1c(C(=O)NCC(C)(O)C(=O)O)sc2nc(C(F)(F)F)ccc12. The minimum absolute atomic E-state index is 0.0532. The molecule has 1 amide bonds. The van der Waals surface area contributed by atoms with Crippen molar-refractivity contribution in [2.45, 2.75) is 25.6 Å². The van der Waals surface area contributed by atoms with Crippen LogP contribution in [-0.4, -0.2) is 39.2 Å². The molecule has 2 aromatic heterocycles. The van der Waals surface area contributed by atoms with E-state index in [1.165, 1.54) is 6.07 Å². The summed E-state index contributed by atoms with van der Waals surface area (Å²) in [6.07, 6.45) is -4.59. The average Bonchev–Trinajstić information content (AvgIpc) is 2.80. The highest BCUT2D eigenvalue weighted by atomic mass is 32.1. The highest BCUT2D eigenvalue weighted by Gasteiger charge is 2.33. The second-order valence-electron chi connectivity index (χ2n) is 5.36. The van der Waals surface area contributed by atoms with Gasteiger partial charge in [0.2, 0.25) is 0 Å². The molecule has 0 aliphatic carbocycles. The molecule has 0 saturated carbocycles. The Kier molecular flexibility index (Phi) is 4.55. The van der Waals surface area contributed by atoms with E-state index < -0.39 is 35.9 Å². The number of carbonyl (C=O) groups excluding carboxylic acids is 1. The molecule has 0 aliphatic heterocycles. The molecule has 6 nitrogen and oxygen atoms in total. The van der Waals surface area contributed by atoms with E-state index in [-0.39, 0.29) is 9.71 Å². The predicted molar refractivity (Wildman–Crippen MR) is 80.0 cm³/mol. The van der Waals surface area contributed by atoms with Crippen LogP contribution in [0.25, 0.3) is 10.2 Å². The number of carboxylic acids is 1. The molecule has 0 fully saturated rings. The maximum atomic E-state index is 12.7. The first kappa shape index (κ1) is 18.1. The molecule has 0 saturated heterocycles. The minimum atomic E-state index is -4.59. The Morgan fingerprint density at radius 2 is 1.96 bits per heavy atom. The number of carbonyl (C=O) groups is 2. The standard InChI is InChI=1S/C14H13F3N2O4S/c1-6-7-3-4-8(14(15,16)17)19-11(7)24-9(6)10(20)18-5-13(2,23)12(21)22/h3-4,23H,5H2,1-2H3,(H,18,20)(H,21,22). The zero-order valence-corrected chi connectivity index (χ0v) is 13.4. The van der Waals surface area contributed by atoms with Crippen molar-refractivity contribution in [1.29, 1.82) is 0 Å². The summed E-state index contributed by atoms with van der Waals surface area (Å²) in [7, 11) is 0. The van der Waals surface area contributed by atoms with Gasteiger partial charge in [-0.3, -0.25) is 4.79 Å². The normalized spacial score (nSPS) is 14.4. The van der Waals surface area contributed by atoms with Crippen LogP contribution in [0.15, 0.2) is 12.1 Å². The lowest BCUT2D eigenvalue weighted by molar-refractivity contribution is -0.155. The van der Waals surface area contributed by atoms with Gasteiger partial charge in [0.05, 0.1) is 11.4 Å². The lowest BCUT2D eigenvalue weighted by Crippen LogP contribution is -2.46. The van der Waals surface area contributed by atoms with E-state index in [0.29, 0.717) is 10.9 Å². The number of rotatable bonds is 4. The lowest BCUT2D eigenvalue weighted by atomic mass is 10.1. The minimum Gasteiger partial charge on any atom is -0.479 e. The number of aliphatic hydroxyl groups is 1. The molecule has 10 heteroatoms. The molecular formula is C14H13F3N2O4S. The van der Waals surface area contributed by atoms with Crippen molar-refractivity contribution in [2.24, 2.45) is 0 Å². The van der Waals surface area contributed by atoms with Crippen LogP contribution < -0.4 is 5.32 Å². The van der Waals surface area contributed by atoms with Crippen molar-refractivity contribution in [2.75, 3.05) is 6.54 Å². The van der Waals surface area contributed by atoms with E-state index in [0.717, 1.165) is 24.3 Å². The van der Waals surface area contributed by atoms with Gasteiger partial charge in [0.15, 0.2) is 5.60 Å². The van der Waals surface area contributed by atoms with Gasteiger partial charge in [0, 0.05) is 5.39 Å². The number of nitrogens with zero attached hydrogens (tertiary/aromatic N) is 1. The number of carboxylic acid groups (broad SMARTS) is 1. The molecular weight excluding hydrogens is 349 g/mol. The second-order valence-corrected chi connectivity index (χ2v) is 6.36. The van der Waals surface area contributed by atoms with E-state index in [4.69, 9.17) is 5.11 Å². The van der Waals surface area contributed by atoms with E-state index >= 15 is 0 Å². The van der Waals surface area contributed by atoms with Crippen LogP contribution in [0, 0.1) is 6.92 Å². The predicted octanol–water partition coefficient (Wildman–Crippen LogP) is 2.19. The van der Waals surface area contributed by atoms with Gasteiger partial charge >= 0.3 is 12.1 Å². The maximum absolute atomic E-state index is 12.7. The first-order valence-electron chi connectivity index (χ1n) is 6.65. The van der Waals surface area contributed by atoms with Crippen molar-refractivity contribution in [1.82, 2.24) is 10.3 Å². The van der Waals surface area contributed by atoms with E-state index in [1.54, 1.807) is 6.92 Å². The Morgan fingerprint density at radius 1 is 1.33 bits per heavy atom. The maximum Gasteiger partial charge on any atom is 0.433 e. The molecule has 2 heterocycles. The number of nitrogens with one attached hydrogen (secondary N) is 1. The number of pyridine rings is 1. The number of fused-ring (bicyclic) bond motifs is 1. The van der Waals surface area contributed by atoms with Gasteiger partial charge < -0.3 is 15.5 Å². The molecule has 2 rings (SSSR count). The third-order valence-electron chi connectivity index (χ3n) is 3.35. The average molecular weight is 362 g/mol. The summed E-state index contributed by atoms with van der Waals surface area (Å²) in [5, 5.41) is 21.0. The molecule has 24 heavy (non-hydrogen) atoms. The van der Waals surface area contributed by atoms with Crippen LogP contribution >= 0.6 is 11.3 Å². The Balaban J connectivity index is 2.31. The number of alkyl halides is 3. The quantitative estimate of drug-likeness (QED) is 0.774. The van der Waals surface area contributed by atoms with Crippen LogP contribution in [0.3, 0.4) is 0 Å². The van der Waals surface area contributed by atoms with Gasteiger partial charge in [-0.15, -0.1) is 11.3 Å². The van der Waals surface area contributed by atoms with E-state index in [9.17, 15) is 27.9 Å². The van der Waals surface area contributed by atoms with Crippen LogP contribution in [0.5, 0.6) is 0 Å². The number of aryl methyl sites for hydroxylation is 1. The monoisotopic (exact) mass is 362 g/mol. The molecule has 2 aromatic rings. The van der Waals surface area contributed by atoms with Gasteiger partial charge in [-0.05, 0) is 31.5 Å². The number of hydrogen-bond acceptors (Lipinski definition) is 5. The smallest absolute Gasteiger partial charge is 0.433 e. The molecule has 0 spiro atoms. The van der Waals surface area contributed by atoms with Crippen LogP contribution in [-0.2, 0) is 11.0 Å². The van der Waals surface area contributed by atoms with Crippen molar-refractivity contribution in [3.05, 3.63) is 28.3 Å². The Bertz CT molecular complexity index is 814. The van der Waals surface area contributed by atoms with Crippen molar-refractivity contribution >= 4 is 33.4 Å². The highest BCUT2D eigenvalue weighted by molar-refractivity contribution is 7.20. The van der Waals surface area contributed by atoms with Crippen LogP contribution in [0.2, 0.25) is 0 Å². The summed E-state index contributed by atoms with van der Waals surface area (Å²) in [5.74, 6) is -2.20. The molecule has 0 aliphatic rings. The largest absolute Gasteiger partial charge is 0.479 e. The second kappa shape index (κ2) is 6.02. The summed E-state index contributed by atoms with van der Waals surface area (Å²) in [6.45, 7) is 2.03. The fourth-order valence-corrected chi connectivity index (χ4v) is 2.98. The van der Waals surface area contributed by atoms with Crippen molar-refractivity contribution in [3.63, 3.8) is 0 Å². The number of hydrogen-bond donors (Lipinski definition) is 3. The zero-order chi connectivity index (χ0) is 18.3. The summed E-state index contributed by atoms with van der Waals surface area (Å²) in [6, 6.07) is 2.07. The Morgan fingerprint density at radius 3 is 2.50 bits per heavy atom. The summed E-state index contributed by atoms with van der Waals surface area (Å²) >= 11 is 0.769. The number of thiophene rings is 1. The molecule has 0 radical (unpaired) electrons. The Hall–Kier alpha value is -2.20. The molecule has 0 bridgehead atoms. The number of aromatic nitrogens is 1. The van der Waals surface area contributed by atoms with E-state index in [1.807, 2.05) is 0 Å². The van der Waals surface area contributed by atoms with Gasteiger partial charge in [0.25, 0.3) is 5.91 Å². The third-order valence-corrected chi connectivity index (χ3v) is 4.55. The number of amides is 1. The topological polar surface area (TPSA) is 99.5 Å². The first-order chi connectivity index (χ1) is 10.9.